The van der Waals surface area contributed by atoms with Crippen molar-refractivity contribution < 1.29 is 9.53 Å². The summed E-state index contributed by atoms with van der Waals surface area (Å²) in [5.41, 5.74) is -0.439. The van der Waals surface area contributed by atoms with Crippen molar-refractivity contribution in [2.24, 2.45) is 0 Å². The van der Waals surface area contributed by atoms with Gasteiger partial charge in [0, 0.05) is 12.1 Å². The minimum Gasteiger partial charge on any atom is -0.468 e. The molecule has 4 nitrogen and oxygen atoms in total. The molecule has 4 heteroatoms. The quantitative estimate of drug-likeness (QED) is 0.765. The van der Waals surface area contributed by atoms with Crippen LogP contribution in [0, 0.1) is 0 Å². The molecule has 21 heavy (non-hydrogen) atoms. The van der Waals surface area contributed by atoms with Crippen LogP contribution in [0.3, 0.4) is 0 Å². The van der Waals surface area contributed by atoms with E-state index in [4.69, 9.17) is 4.74 Å². The molecule has 1 heterocycles. The van der Waals surface area contributed by atoms with Gasteiger partial charge in [0.25, 0.3) is 0 Å². The molecule has 3 atom stereocenters. The van der Waals surface area contributed by atoms with Gasteiger partial charge in [0.05, 0.1) is 7.11 Å². The van der Waals surface area contributed by atoms with E-state index in [0.29, 0.717) is 12.1 Å². The molecule has 1 saturated carbocycles. The average molecular weight is 296 g/mol. The van der Waals surface area contributed by atoms with Crippen LogP contribution in [0.15, 0.2) is 0 Å². The molecule has 0 spiro atoms. The fourth-order valence-corrected chi connectivity index (χ4v) is 4.22. The number of nitrogens with one attached hydrogen (secondary N) is 1. The molecule has 122 valence electrons. The summed E-state index contributed by atoms with van der Waals surface area (Å²) in [6.07, 6.45) is 9.20. The molecular weight excluding hydrogens is 264 g/mol. The highest BCUT2D eigenvalue weighted by Gasteiger charge is 2.48. The monoisotopic (exact) mass is 296 g/mol. The third kappa shape index (κ3) is 3.59. The van der Waals surface area contributed by atoms with Crippen LogP contribution in [0.5, 0.6) is 0 Å². The van der Waals surface area contributed by atoms with E-state index in [9.17, 15) is 4.79 Å². The number of methoxy groups -OCH3 is 1. The highest BCUT2D eigenvalue weighted by Crippen LogP contribution is 2.37. The molecule has 0 bridgehead atoms. The van der Waals surface area contributed by atoms with Crippen molar-refractivity contribution in [3.63, 3.8) is 0 Å². The fourth-order valence-electron chi connectivity index (χ4n) is 4.22. The first-order valence-corrected chi connectivity index (χ1v) is 8.76. The largest absolute Gasteiger partial charge is 0.468 e. The number of nitrogens with zero attached hydrogens (tertiary/aromatic N) is 1. The van der Waals surface area contributed by atoms with Gasteiger partial charge in [-0.3, -0.25) is 9.69 Å². The van der Waals surface area contributed by atoms with Gasteiger partial charge in [0.1, 0.15) is 5.54 Å². The van der Waals surface area contributed by atoms with Crippen LogP contribution < -0.4 is 5.32 Å². The lowest BCUT2D eigenvalue weighted by Gasteiger charge is -2.40. The Morgan fingerprint density at radius 1 is 1.33 bits per heavy atom. The van der Waals surface area contributed by atoms with Gasteiger partial charge in [0.2, 0.25) is 0 Å². The summed E-state index contributed by atoms with van der Waals surface area (Å²) >= 11 is 0. The van der Waals surface area contributed by atoms with Crippen LogP contribution in [0.25, 0.3) is 0 Å². The Hall–Kier alpha value is -0.610. The van der Waals surface area contributed by atoms with Crippen molar-refractivity contribution in [2.75, 3.05) is 20.2 Å². The minimum atomic E-state index is -0.439. The summed E-state index contributed by atoms with van der Waals surface area (Å²) in [4.78, 5) is 15.0. The number of rotatable bonds is 6. The van der Waals surface area contributed by atoms with Crippen LogP contribution in [-0.2, 0) is 9.53 Å². The predicted octanol–water partition coefficient (Wildman–Crippen LogP) is 2.71. The number of carbonyl (C=O) groups is 1. The van der Waals surface area contributed by atoms with Gasteiger partial charge in [-0.1, -0.05) is 20.3 Å². The first-order valence-electron chi connectivity index (χ1n) is 8.76. The van der Waals surface area contributed by atoms with Crippen LogP contribution >= 0.6 is 0 Å². The molecule has 0 radical (unpaired) electrons. The molecule has 0 amide bonds. The van der Waals surface area contributed by atoms with Crippen molar-refractivity contribution in [1.82, 2.24) is 10.2 Å². The Bertz CT molecular complexity index is 348. The Balaban J connectivity index is 2.06. The molecule has 1 saturated heterocycles. The number of likely N-dealkylation sites (tertiary alicyclic amines) is 1. The lowest BCUT2D eigenvalue weighted by atomic mass is 9.94. The standard InChI is InChI=1S/C17H32N2O2/c1-4-11-18-17(16(20)21-3)10-9-15(13-17)19-12-7-6-8-14(19)5-2/h14-15,18H,4-13H2,1-3H3. The second-order valence-electron chi connectivity index (χ2n) is 6.69. The van der Waals surface area contributed by atoms with Crippen molar-refractivity contribution in [2.45, 2.75) is 82.8 Å². The molecule has 0 aromatic carbocycles. The first-order chi connectivity index (χ1) is 10.2. The SMILES string of the molecule is CCCNC1(C(=O)OC)CCC(N2CCCCC2CC)C1. The molecular formula is C17H32N2O2. The van der Waals surface area contributed by atoms with Gasteiger partial charge in [-0.15, -0.1) is 0 Å². The van der Waals surface area contributed by atoms with Gasteiger partial charge in [-0.2, -0.15) is 0 Å². The number of hydrogen-bond acceptors (Lipinski definition) is 4. The molecule has 1 aliphatic heterocycles. The average Bonchev–Trinajstić information content (AvgIpc) is 2.97. The van der Waals surface area contributed by atoms with Crippen LogP contribution in [-0.4, -0.2) is 48.7 Å². The van der Waals surface area contributed by atoms with Gasteiger partial charge in [-0.25, -0.2) is 0 Å². The third-order valence-corrected chi connectivity index (χ3v) is 5.39. The highest BCUT2D eigenvalue weighted by molar-refractivity contribution is 5.81. The zero-order valence-electron chi connectivity index (χ0n) is 14.0. The fraction of sp³-hybridized carbons (Fsp3) is 0.941. The van der Waals surface area contributed by atoms with Crippen molar-refractivity contribution in [3.05, 3.63) is 0 Å². The molecule has 1 aliphatic carbocycles. The van der Waals surface area contributed by atoms with Gasteiger partial charge in [0.15, 0.2) is 0 Å². The number of hydrogen-bond donors (Lipinski definition) is 1. The van der Waals surface area contributed by atoms with Gasteiger partial charge in [-0.05, 0) is 58.0 Å². The van der Waals surface area contributed by atoms with E-state index in [2.05, 4.69) is 24.1 Å². The Morgan fingerprint density at radius 3 is 2.81 bits per heavy atom. The number of esters is 1. The Labute approximate surface area is 129 Å². The second kappa shape index (κ2) is 7.59. The van der Waals surface area contributed by atoms with E-state index in [-0.39, 0.29) is 5.97 Å². The molecule has 3 unspecified atom stereocenters. The van der Waals surface area contributed by atoms with Crippen LogP contribution in [0.2, 0.25) is 0 Å². The van der Waals surface area contributed by atoms with Gasteiger partial charge < -0.3 is 10.1 Å². The van der Waals surface area contributed by atoms with E-state index in [0.717, 1.165) is 32.2 Å². The predicted molar refractivity (Wildman–Crippen MR) is 85.3 cm³/mol. The minimum absolute atomic E-state index is 0.0662. The Morgan fingerprint density at radius 2 is 2.14 bits per heavy atom. The van der Waals surface area contributed by atoms with E-state index >= 15 is 0 Å². The first kappa shape index (κ1) is 16.8. The lowest BCUT2D eigenvalue weighted by molar-refractivity contribution is -0.148. The maximum atomic E-state index is 12.3. The summed E-state index contributed by atoms with van der Waals surface area (Å²) < 4.78 is 5.10. The summed E-state index contributed by atoms with van der Waals surface area (Å²) in [6, 6.07) is 1.25. The summed E-state index contributed by atoms with van der Waals surface area (Å²) in [6.45, 7) is 6.52. The van der Waals surface area contributed by atoms with Crippen molar-refractivity contribution >= 4 is 5.97 Å². The normalized spacial score (nSPS) is 34.0. The molecule has 1 N–H and O–H groups in total. The van der Waals surface area contributed by atoms with Crippen molar-refractivity contribution in [3.8, 4) is 0 Å². The van der Waals surface area contributed by atoms with Crippen LogP contribution in [0.1, 0.15) is 65.2 Å². The van der Waals surface area contributed by atoms with E-state index in [1.807, 2.05) is 0 Å². The third-order valence-electron chi connectivity index (χ3n) is 5.39. The molecule has 0 aromatic rings. The maximum absolute atomic E-state index is 12.3. The molecule has 2 fully saturated rings. The smallest absolute Gasteiger partial charge is 0.326 e. The van der Waals surface area contributed by atoms with Gasteiger partial charge >= 0.3 is 5.97 Å². The van der Waals surface area contributed by atoms with E-state index in [1.165, 1.54) is 39.3 Å². The number of carbonyl (C=O) groups excluding carboxylic acids is 1. The number of piperidine rings is 1. The zero-order valence-corrected chi connectivity index (χ0v) is 14.0. The lowest BCUT2D eigenvalue weighted by Crippen LogP contribution is -2.53. The molecule has 2 rings (SSSR count). The molecule has 2 aliphatic rings. The summed E-state index contributed by atoms with van der Waals surface area (Å²) in [5, 5.41) is 3.50. The summed E-state index contributed by atoms with van der Waals surface area (Å²) in [7, 11) is 1.51. The maximum Gasteiger partial charge on any atom is 0.326 e. The van der Waals surface area contributed by atoms with Crippen molar-refractivity contribution in [1.29, 1.82) is 0 Å². The summed E-state index contributed by atoms with van der Waals surface area (Å²) in [5.74, 6) is -0.0662. The van der Waals surface area contributed by atoms with E-state index in [1.54, 1.807) is 0 Å². The highest BCUT2D eigenvalue weighted by atomic mass is 16.5. The number of ether oxygens (including phenoxy) is 1. The topological polar surface area (TPSA) is 41.6 Å². The van der Waals surface area contributed by atoms with Crippen LogP contribution in [0.4, 0.5) is 0 Å². The Kier molecular flexibility index (Phi) is 6.06. The van der Waals surface area contributed by atoms with E-state index < -0.39 is 5.54 Å². The molecule has 0 aromatic heterocycles. The second-order valence-corrected chi connectivity index (χ2v) is 6.69. The zero-order chi connectivity index (χ0) is 15.3.